The first-order valence-corrected chi connectivity index (χ1v) is 12.1. The molecule has 0 saturated carbocycles. The van der Waals surface area contributed by atoms with Crippen LogP contribution < -0.4 is 9.47 Å². The Balaban J connectivity index is 2.15. The molecule has 10 heteroatoms. The van der Waals surface area contributed by atoms with Gasteiger partial charge in [0.1, 0.15) is 0 Å². The van der Waals surface area contributed by atoms with Crippen LogP contribution >= 0.6 is 23.2 Å². The van der Waals surface area contributed by atoms with E-state index in [4.69, 9.17) is 47.3 Å². The standard InChI is InChI=1S/C25H33Cl2NO7/c1-15(11-16(2)32-3)12-19-18-14-21(34-5)20(33-4)13-17(18)7-9-28(19)8-6-10-35-25(31)23(27)22(26)24(29)30/h11,13-14,19,22-23H,1,6-10,12H2,2-5H3,(H,29,30). The van der Waals surface area contributed by atoms with Gasteiger partial charge in [-0.05, 0) is 61.1 Å². The lowest BCUT2D eigenvalue weighted by atomic mass is 9.88. The van der Waals surface area contributed by atoms with Crippen molar-refractivity contribution in [3.05, 3.63) is 47.2 Å². The van der Waals surface area contributed by atoms with Gasteiger partial charge in [-0.3, -0.25) is 14.5 Å². The number of methoxy groups -OCH3 is 3. The average molecular weight is 530 g/mol. The number of alkyl halides is 2. The van der Waals surface area contributed by atoms with Crippen molar-refractivity contribution in [2.45, 2.75) is 43.0 Å². The molecule has 1 aliphatic heterocycles. The van der Waals surface area contributed by atoms with E-state index in [-0.39, 0.29) is 12.6 Å². The molecule has 3 unspecified atom stereocenters. The smallest absolute Gasteiger partial charge is 0.326 e. The number of allylic oxidation sites excluding steroid dienone is 2. The van der Waals surface area contributed by atoms with Gasteiger partial charge >= 0.3 is 11.9 Å². The highest BCUT2D eigenvalue weighted by atomic mass is 35.5. The van der Waals surface area contributed by atoms with E-state index >= 15 is 0 Å². The largest absolute Gasteiger partial charge is 0.501 e. The molecule has 0 radical (unpaired) electrons. The Morgan fingerprint density at radius 2 is 1.86 bits per heavy atom. The Labute approximate surface area is 216 Å². The molecule has 1 heterocycles. The summed E-state index contributed by atoms with van der Waals surface area (Å²) < 4.78 is 21.4. The lowest BCUT2D eigenvalue weighted by Crippen LogP contribution is -2.37. The van der Waals surface area contributed by atoms with E-state index in [1.165, 1.54) is 5.56 Å². The molecule has 0 bridgehead atoms. The van der Waals surface area contributed by atoms with Crippen LogP contribution in [0, 0.1) is 0 Å². The molecular formula is C25H33Cl2NO7. The summed E-state index contributed by atoms with van der Waals surface area (Å²) in [5, 5.41) is 5.90. The third-order valence-electron chi connectivity index (χ3n) is 5.85. The van der Waals surface area contributed by atoms with Crippen molar-refractivity contribution in [1.29, 1.82) is 0 Å². The third kappa shape index (κ3) is 7.78. The van der Waals surface area contributed by atoms with Gasteiger partial charge in [0, 0.05) is 19.1 Å². The van der Waals surface area contributed by atoms with Crippen molar-refractivity contribution in [1.82, 2.24) is 4.90 Å². The van der Waals surface area contributed by atoms with Crippen molar-refractivity contribution in [2.75, 3.05) is 41.0 Å². The minimum absolute atomic E-state index is 0.0164. The molecular weight excluding hydrogens is 497 g/mol. The first-order chi connectivity index (χ1) is 16.6. The Hall–Kier alpha value is -2.42. The third-order valence-corrected chi connectivity index (χ3v) is 6.85. The number of fused-ring (bicyclic) bond motifs is 1. The van der Waals surface area contributed by atoms with E-state index in [0.29, 0.717) is 30.9 Å². The molecule has 35 heavy (non-hydrogen) atoms. The van der Waals surface area contributed by atoms with Crippen LogP contribution in [0.5, 0.6) is 11.5 Å². The zero-order chi connectivity index (χ0) is 26.1. The normalized spacial score (nSPS) is 17.7. The number of halogens is 2. The molecule has 1 aliphatic rings. The molecule has 1 aromatic rings. The number of aliphatic carboxylic acids is 1. The average Bonchev–Trinajstić information content (AvgIpc) is 2.85. The van der Waals surface area contributed by atoms with Gasteiger partial charge in [-0.15, -0.1) is 23.2 Å². The lowest BCUT2D eigenvalue weighted by Gasteiger charge is -2.38. The molecule has 0 amide bonds. The summed E-state index contributed by atoms with van der Waals surface area (Å²) in [6.45, 7) is 7.61. The Bertz CT molecular complexity index is 950. The second kappa shape index (κ2) is 13.6. The molecule has 1 aromatic carbocycles. The van der Waals surface area contributed by atoms with Crippen LogP contribution in [0.3, 0.4) is 0 Å². The molecule has 1 N–H and O–H groups in total. The zero-order valence-electron chi connectivity index (χ0n) is 20.5. The van der Waals surface area contributed by atoms with Crippen LogP contribution in [-0.4, -0.2) is 73.7 Å². The number of carboxylic acid groups (broad SMARTS) is 1. The number of carbonyl (C=O) groups excluding carboxylic acids is 1. The Kier molecular flexibility index (Phi) is 11.2. The number of hydrogen-bond donors (Lipinski definition) is 1. The summed E-state index contributed by atoms with van der Waals surface area (Å²) in [6.07, 6.45) is 3.94. The Morgan fingerprint density at radius 1 is 1.20 bits per heavy atom. The maximum absolute atomic E-state index is 12.0. The molecule has 0 aliphatic carbocycles. The van der Waals surface area contributed by atoms with E-state index < -0.39 is 22.7 Å². The Morgan fingerprint density at radius 3 is 2.46 bits per heavy atom. The molecule has 194 valence electrons. The highest BCUT2D eigenvalue weighted by molar-refractivity contribution is 6.41. The zero-order valence-corrected chi connectivity index (χ0v) is 22.0. The van der Waals surface area contributed by atoms with Crippen molar-refractivity contribution >= 4 is 35.1 Å². The first kappa shape index (κ1) is 28.8. The highest BCUT2D eigenvalue weighted by Gasteiger charge is 2.32. The van der Waals surface area contributed by atoms with Crippen molar-refractivity contribution in [2.24, 2.45) is 0 Å². The summed E-state index contributed by atoms with van der Waals surface area (Å²) in [4.78, 5) is 25.2. The quantitative estimate of drug-likeness (QED) is 0.132. The number of nitrogens with zero attached hydrogens (tertiary/aromatic N) is 1. The van der Waals surface area contributed by atoms with Gasteiger partial charge in [0.15, 0.2) is 22.3 Å². The van der Waals surface area contributed by atoms with E-state index in [0.717, 1.165) is 29.9 Å². The van der Waals surface area contributed by atoms with Crippen molar-refractivity contribution in [3.8, 4) is 11.5 Å². The minimum atomic E-state index is -1.55. The molecule has 3 atom stereocenters. The van der Waals surface area contributed by atoms with E-state index in [9.17, 15) is 9.59 Å². The molecule has 0 aromatic heterocycles. The second-order valence-electron chi connectivity index (χ2n) is 8.19. The summed E-state index contributed by atoms with van der Waals surface area (Å²) in [7, 11) is 4.85. The second-order valence-corrected chi connectivity index (χ2v) is 9.13. The van der Waals surface area contributed by atoms with Gasteiger partial charge in [0.25, 0.3) is 0 Å². The number of benzene rings is 1. The molecule has 0 spiro atoms. The van der Waals surface area contributed by atoms with Crippen LogP contribution in [0.25, 0.3) is 0 Å². The molecule has 8 nitrogen and oxygen atoms in total. The van der Waals surface area contributed by atoms with Crippen LogP contribution in [0.4, 0.5) is 0 Å². The number of ether oxygens (including phenoxy) is 4. The summed E-state index contributed by atoms with van der Waals surface area (Å²) >= 11 is 11.4. The summed E-state index contributed by atoms with van der Waals surface area (Å²) in [5.74, 6) is -0.104. The fraction of sp³-hybridized carbons (Fsp3) is 0.520. The number of rotatable bonds is 13. The van der Waals surface area contributed by atoms with Crippen LogP contribution in [0.15, 0.2) is 36.1 Å². The lowest BCUT2D eigenvalue weighted by molar-refractivity contribution is -0.147. The van der Waals surface area contributed by atoms with Crippen LogP contribution in [0.2, 0.25) is 0 Å². The fourth-order valence-corrected chi connectivity index (χ4v) is 4.28. The minimum Gasteiger partial charge on any atom is -0.501 e. The summed E-state index contributed by atoms with van der Waals surface area (Å²) in [6, 6.07) is 4.04. The number of esters is 1. The van der Waals surface area contributed by atoms with E-state index in [1.54, 1.807) is 21.3 Å². The van der Waals surface area contributed by atoms with E-state index in [2.05, 4.69) is 11.5 Å². The van der Waals surface area contributed by atoms with E-state index in [1.807, 2.05) is 25.1 Å². The number of carbonyl (C=O) groups is 2. The molecule has 2 rings (SSSR count). The van der Waals surface area contributed by atoms with Gasteiger partial charge in [0.05, 0.1) is 33.7 Å². The highest BCUT2D eigenvalue weighted by Crippen LogP contribution is 2.40. The maximum atomic E-state index is 12.0. The van der Waals surface area contributed by atoms with Gasteiger partial charge in [-0.1, -0.05) is 6.58 Å². The number of hydrogen-bond acceptors (Lipinski definition) is 7. The van der Waals surface area contributed by atoms with Gasteiger partial charge in [-0.25, -0.2) is 0 Å². The fourth-order valence-electron chi connectivity index (χ4n) is 4.01. The topological polar surface area (TPSA) is 94.5 Å². The van der Waals surface area contributed by atoms with Crippen LogP contribution in [0.1, 0.15) is 36.9 Å². The monoisotopic (exact) mass is 529 g/mol. The SMILES string of the molecule is C=C(C=C(C)OC)CC1c2cc(OC)c(OC)cc2CCN1CCCOC(=O)C(Cl)C(Cl)C(=O)O. The van der Waals surface area contributed by atoms with Crippen LogP contribution in [-0.2, 0) is 25.5 Å². The first-order valence-electron chi connectivity index (χ1n) is 11.2. The molecule has 0 fully saturated rings. The molecule has 0 saturated heterocycles. The van der Waals surface area contributed by atoms with Gasteiger partial charge in [0.2, 0.25) is 0 Å². The van der Waals surface area contributed by atoms with Gasteiger partial charge in [-0.2, -0.15) is 0 Å². The van der Waals surface area contributed by atoms with Gasteiger partial charge < -0.3 is 24.1 Å². The predicted octanol–water partition coefficient (Wildman–Crippen LogP) is 4.33. The predicted molar refractivity (Wildman–Crippen MR) is 135 cm³/mol. The maximum Gasteiger partial charge on any atom is 0.326 e. The number of carboxylic acids is 1. The van der Waals surface area contributed by atoms with Crippen molar-refractivity contribution in [3.63, 3.8) is 0 Å². The summed E-state index contributed by atoms with van der Waals surface area (Å²) in [5.41, 5.74) is 3.23. The van der Waals surface area contributed by atoms with Crippen molar-refractivity contribution < 1.29 is 33.6 Å².